The molecule has 1 aliphatic rings. The van der Waals surface area contributed by atoms with E-state index in [4.69, 9.17) is 0 Å². The molecule has 1 saturated heterocycles. The Bertz CT molecular complexity index is 911. The summed E-state index contributed by atoms with van der Waals surface area (Å²) in [6.07, 6.45) is 13.8. The number of rotatable bonds is 6. The van der Waals surface area contributed by atoms with E-state index in [1.807, 2.05) is 24.4 Å². The Balaban J connectivity index is 1.43. The third-order valence-corrected chi connectivity index (χ3v) is 5.19. The zero-order valence-electron chi connectivity index (χ0n) is 16.2. The van der Waals surface area contributed by atoms with Crippen molar-refractivity contribution >= 4 is 5.91 Å². The van der Waals surface area contributed by atoms with E-state index in [1.54, 1.807) is 31.0 Å². The second-order valence-electron chi connectivity index (χ2n) is 7.15. The first-order valence-electron chi connectivity index (χ1n) is 9.96. The number of likely N-dealkylation sites (tertiary alicyclic amines) is 1. The molecule has 0 spiro atoms. The van der Waals surface area contributed by atoms with Gasteiger partial charge in [0, 0.05) is 49.3 Å². The number of carbonyl (C=O) groups is 1. The van der Waals surface area contributed by atoms with Gasteiger partial charge >= 0.3 is 0 Å². The molecule has 7 heteroatoms. The van der Waals surface area contributed by atoms with Crippen LogP contribution in [0.2, 0.25) is 0 Å². The van der Waals surface area contributed by atoms with E-state index in [1.165, 1.54) is 19.3 Å². The van der Waals surface area contributed by atoms with Crippen molar-refractivity contribution in [1.82, 2.24) is 30.2 Å². The number of hydrogen-bond acceptors (Lipinski definition) is 6. The molecule has 1 atom stereocenters. The number of amides is 1. The molecule has 1 amide bonds. The Morgan fingerprint density at radius 1 is 0.966 bits per heavy atom. The van der Waals surface area contributed by atoms with Crippen LogP contribution in [0, 0.1) is 0 Å². The van der Waals surface area contributed by atoms with Crippen LogP contribution in [-0.2, 0) is 0 Å². The average molecular weight is 388 g/mol. The molecule has 0 unspecified atom stereocenters. The summed E-state index contributed by atoms with van der Waals surface area (Å²) in [5.41, 5.74) is 2.39. The van der Waals surface area contributed by atoms with Gasteiger partial charge in [-0.05, 0) is 49.7 Å². The maximum absolute atomic E-state index is 12.7. The lowest BCUT2D eigenvalue weighted by molar-refractivity contribution is 0.0923. The summed E-state index contributed by atoms with van der Waals surface area (Å²) >= 11 is 0. The fourth-order valence-corrected chi connectivity index (χ4v) is 3.64. The van der Waals surface area contributed by atoms with Gasteiger partial charge in [-0.2, -0.15) is 0 Å². The van der Waals surface area contributed by atoms with Gasteiger partial charge in [-0.15, -0.1) is 0 Å². The van der Waals surface area contributed by atoms with Gasteiger partial charge < -0.3 is 5.32 Å². The summed E-state index contributed by atoms with van der Waals surface area (Å²) in [6, 6.07) is 7.85. The molecule has 0 aliphatic carbocycles. The molecule has 4 heterocycles. The molecular formula is C22H24N6O. The summed E-state index contributed by atoms with van der Waals surface area (Å²) in [4.78, 5) is 32.1. The molecule has 0 saturated carbocycles. The van der Waals surface area contributed by atoms with E-state index in [9.17, 15) is 4.79 Å². The Kier molecular flexibility index (Phi) is 6.16. The smallest absolute Gasteiger partial charge is 0.254 e. The number of aromatic nitrogens is 4. The quantitative estimate of drug-likeness (QED) is 0.699. The van der Waals surface area contributed by atoms with Crippen LogP contribution in [0.5, 0.6) is 0 Å². The maximum atomic E-state index is 12.7. The molecule has 148 valence electrons. The number of nitrogens with zero attached hydrogens (tertiary/aromatic N) is 5. The lowest BCUT2D eigenvalue weighted by atomic mass is 10.0. The maximum Gasteiger partial charge on any atom is 0.254 e. The first-order valence-corrected chi connectivity index (χ1v) is 9.96. The van der Waals surface area contributed by atoms with Gasteiger partial charge in [0.25, 0.3) is 5.91 Å². The molecule has 3 aromatic heterocycles. The van der Waals surface area contributed by atoms with Gasteiger partial charge in [-0.3, -0.25) is 19.7 Å². The predicted molar refractivity (Wildman–Crippen MR) is 110 cm³/mol. The normalized spacial score (nSPS) is 15.6. The molecule has 0 radical (unpaired) electrons. The van der Waals surface area contributed by atoms with Crippen molar-refractivity contribution in [3.8, 4) is 11.4 Å². The lowest BCUT2D eigenvalue weighted by Crippen LogP contribution is -2.40. The predicted octanol–water partition coefficient (Wildman–Crippen LogP) is 2.89. The third-order valence-electron chi connectivity index (χ3n) is 5.19. The number of carbonyl (C=O) groups excluding carboxylic acids is 1. The van der Waals surface area contributed by atoms with Crippen molar-refractivity contribution in [2.75, 3.05) is 19.6 Å². The van der Waals surface area contributed by atoms with Gasteiger partial charge in [-0.25, -0.2) is 9.97 Å². The summed E-state index contributed by atoms with van der Waals surface area (Å²) in [6.45, 7) is 2.60. The number of piperidine rings is 1. The highest BCUT2D eigenvalue weighted by atomic mass is 16.1. The van der Waals surface area contributed by atoms with Crippen molar-refractivity contribution < 1.29 is 4.79 Å². The summed E-state index contributed by atoms with van der Waals surface area (Å²) < 4.78 is 0. The van der Waals surface area contributed by atoms with E-state index in [0.29, 0.717) is 17.9 Å². The Morgan fingerprint density at radius 2 is 1.69 bits per heavy atom. The van der Waals surface area contributed by atoms with Gasteiger partial charge in [0.15, 0.2) is 5.82 Å². The van der Waals surface area contributed by atoms with Crippen molar-refractivity contribution in [2.45, 2.75) is 25.3 Å². The van der Waals surface area contributed by atoms with Crippen molar-refractivity contribution in [1.29, 1.82) is 0 Å². The Hall–Kier alpha value is -3.19. The van der Waals surface area contributed by atoms with Gasteiger partial charge in [0.1, 0.15) is 0 Å². The minimum Gasteiger partial charge on any atom is -0.350 e. The first kappa shape index (κ1) is 19.1. The summed E-state index contributed by atoms with van der Waals surface area (Å²) in [7, 11) is 0. The van der Waals surface area contributed by atoms with Crippen LogP contribution in [0.15, 0.2) is 61.4 Å². The van der Waals surface area contributed by atoms with Crippen LogP contribution in [-0.4, -0.2) is 50.4 Å². The average Bonchev–Trinajstić information content (AvgIpc) is 2.81. The summed E-state index contributed by atoms with van der Waals surface area (Å²) in [5, 5.41) is 3.05. The highest BCUT2D eigenvalue weighted by Gasteiger charge is 2.23. The standard InChI is InChI=1S/C22H24N6O/c29-22(19-14-25-21(26-15-19)18-7-5-9-24-13-18)27-16-20(17-6-4-8-23-12-17)28-10-2-1-3-11-28/h4-9,12-15,20H,1-3,10-11,16H2,(H,27,29)/t20-/m1/s1. The Labute approximate surface area is 170 Å². The molecule has 1 aliphatic heterocycles. The SMILES string of the molecule is O=C(NC[C@H](c1cccnc1)N1CCCCC1)c1cnc(-c2cccnc2)nc1. The van der Waals surface area contributed by atoms with E-state index in [0.717, 1.165) is 24.2 Å². The fraction of sp³-hybridized carbons (Fsp3) is 0.318. The third kappa shape index (κ3) is 4.81. The second kappa shape index (κ2) is 9.34. The molecule has 1 N–H and O–H groups in total. The molecule has 3 aromatic rings. The van der Waals surface area contributed by atoms with Gasteiger partial charge in [0.2, 0.25) is 0 Å². The van der Waals surface area contributed by atoms with Crippen LogP contribution in [0.3, 0.4) is 0 Å². The first-order chi connectivity index (χ1) is 14.3. The van der Waals surface area contributed by atoms with Crippen LogP contribution in [0.25, 0.3) is 11.4 Å². The lowest BCUT2D eigenvalue weighted by Gasteiger charge is -2.34. The van der Waals surface area contributed by atoms with Crippen LogP contribution >= 0.6 is 0 Å². The van der Waals surface area contributed by atoms with E-state index >= 15 is 0 Å². The minimum absolute atomic E-state index is 0.114. The zero-order valence-corrected chi connectivity index (χ0v) is 16.2. The molecule has 29 heavy (non-hydrogen) atoms. The fourth-order valence-electron chi connectivity index (χ4n) is 3.64. The van der Waals surface area contributed by atoms with E-state index < -0.39 is 0 Å². The molecule has 1 fully saturated rings. The minimum atomic E-state index is -0.173. The van der Waals surface area contributed by atoms with Crippen molar-refractivity contribution in [2.24, 2.45) is 0 Å². The molecule has 4 rings (SSSR count). The Morgan fingerprint density at radius 3 is 2.34 bits per heavy atom. The van der Waals surface area contributed by atoms with Crippen LogP contribution in [0.4, 0.5) is 0 Å². The van der Waals surface area contributed by atoms with E-state index in [-0.39, 0.29) is 11.9 Å². The molecule has 0 aromatic carbocycles. The van der Waals surface area contributed by atoms with Crippen LogP contribution < -0.4 is 5.32 Å². The summed E-state index contributed by atoms with van der Waals surface area (Å²) in [5.74, 6) is 0.379. The molecular weight excluding hydrogens is 364 g/mol. The number of nitrogens with one attached hydrogen (secondary N) is 1. The van der Waals surface area contributed by atoms with Gasteiger partial charge in [-0.1, -0.05) is 12.5 Å². The zero-order chi connectivity index (χ0) is 19.9. The second-order valence-corrected chi connectivity index (χ2v) is 7.15. The highest BCUT2D eigenvalue weighted by Crippen LogP contribution is 2.23. The molecule has 0 bridgehead atoms. The van der Waals surface area contributed by atoms with Gasteiger partial charge in [0.05, 0.1) is 11.6 Å². The molecule has 7 nitrogen and oxygen atoms in total. The number of pyridine rings is 2. The topological polar surface area (TPSA) is 83.9 Å². The largest absolute Gasteiger partial charge is 0.350 e. The van der Waals surface area contributed by atoms with Crippen molar-refractivity contribution in [3.63, 3.8) is 0 Å². The monoisotopic (exact) mass is 388 g/mol. The number of hydrogen-bond donors (Lipinski definition) is 1. The van der Waals surface area contributed by atoms with Crippen molar-refractivity contribution in [3.05, 3.63) is 72.6 Å². The van der Waals surface area contributed by atoms with Crippen LogP contribution in [0.1, 0.15) is 41.2 Å². The highest BCUT2D eigenvalue weighted by molar-refractivity contribution is 5.93. The van der Waals surface area contributed by atoms with E-state index in [2.05, 4.69) is 36.2 Å².